The lowest BCUT2D eigenvalue weighted by atomic mass is 9.95. The van der Waals surface area contributed by atoms with Gasteiger partial charge in [0, 0.05) is 19.1 Å². The van der Waals surface area contributed by atoms with Crippen molar-refractivity contribution >= 4 is 0 Å². The van der Waals surface area contributed by atoms with E-state index >= 15 is 0 Å². The van der Waals surface area contributed by atoms with Crippen LogP contribution in [0.25, 0.3) is 0 Å². The van der Waals surface area contributed by atoms with Crippen molar-refractivity contribution in [1.82, 2.24) is 5.32 Å². The molecule has 0 aromatic rings. The van der Waals surface area contributed by atoms with E-state index in [9.17, 15) is 13.2 Å². The van der Waals surface area contributed by atoms with Gasteiger partial charge < -0.3 is 11.1 Å². The smallest absolute Gasteiger partial charge is 0.330 e. The molecule has 5 heteroatoms. The maximum Gasteiger partial charge on any atom is 0.394 e. The van der Waals surface area contributed by atoms with Crippen molar-refractivity contribution in [1.29, 1.82) is 0 Å². The lowest BCUT2D eigenvalue weighted by Gasteiger charge is -2.26. The van der Waals surface area contributed by atoms with Crippen molar-refractivity contribution in [3.8, 4) is 0 Å². The zero-order valence-electron chi connectivity index (χ0n) is 8.82. The van der Waals surface area contributed by atoms with E-state index < -0.39 is 12.1 Å². The first kappa shape index (κ1) is 12.8. The fourth-order valence-electron chi connectivity index (χ4n) is 1.95. The van der Waals surface area contributed by atoms with Crippen LogP contribution >= 0.6 is 0 Å². The van der Waals surface area contributed by atoms with Crippen LogP contribution in [0.1, 0.15) is 32.1 Å². The average molecular weight is 224 g/mol. The molecule has 0 amide bonds. The molecule has 1 atom stereocenters. The number of hydrogen-bond donors (Lipinski definition) is 2. The predicted octanol–water partition coefficient (Wildman–Crippen LogP) is 2.05. The van der Waals surface area contributed by atoms with E-state index in [-0.39, 0.29) is 19.1 Å². The molecule has 15 heavy (non-hydrogen) atoms. The van der Waals surface area contributed by atoms with E-state index in [4.69, 9.17) is 5.73 Å². The maximum absolute atomic E-state index is 12.4. The Morgan fingerprint density at radius 1 is 1.20 bits per heavy atom. The molecule has 1 fully saturated rings. The number of rotatable bonds is 4. The Balaban J connectivity index is 2.27. The van der Waals surface area contributed by atoms with Gasteiger partial charge in [0.2, 0.25) is 0 Å². The lowest BCUT2D eigenvalue weighted by molar-refractivity contribution is -0.170. The summed E-state index contributed by atoms with van der Waals surface area (Å²) in [6.45, 7) is -0.367. The lowest BCUT2D eigenvalue weighted by Crippen LogP contribution is -2.42. The van der Waals surface area contributed by atoms with Gasteiger partial charge in [0.15, 0.2) is 0 Å². The molecule has 90 valence electrons. The Morgan fingerprint density at radius 3 is 2.27 bits per heavy atom. The van der Waals surface area contributed by atoms with E-state index in [2.05, 4.69) is 5.32 Å². The minimum Gasteiger partial charge on any atom is -0.330 e. The summed E-state index contributed by atoms with van der Waals surface area (Å²) in [7, 11) is 0. The zero-order valence-corrected chi connectivity index (χ0v) is 8.82. The third kappa shape index (κ3) is 4.38. The molecule has 0 aromatic heterocycles. The largest absolute Gasteiger partial charge is 0.394 e. The summed E-state index contributed by atoms with van der Waals surface area (Å²) in [5.41, 5.74) is 5.11. The molecular weight excluding hydrogens is 205 g/mol. The van der Waals surface area contributed by atoms with Crippen molar-refractivity contribution < 1.29 is 13.2 Å². The summed E-state index contributed by atoms with van der Waals surface area (Å²) < 4.78 is 37.1. The molecule has 0 radical (unpaired) electrons. The topological polar surface area (TPSA) is 38.0 Å². The van der Waals surface area contributed by atoms with E-state index in [0.29, 0.717) is 0 Å². The van der Waals surface area contributed by atoms with Crippen LogP contribution in [0.15, 0.2) is 0 Å². The minimum absolute atomic E-state index is 0.0370. The fourth-order valence-corrected chi connectivity index (χ4v) is 1.95. The first-order valence-electron chi connectivity index (χ1n) is 5.54. The second kappa shape index (κ2) is 5.70. The van der Waals surface area contributed by atoms with Crippen LogP contribution in [0.2, 0.25) is 0 Å². The minimum atomic E-state index is -4.17. The van der Waals surface area contributed by atoms with Crippen molar-refractivity contribution in [2.24, 2.45) is 11.7 Å². The third-order valence-electron chi connectivity index (χ3n) is 3.01. The highest BCUT2D eigenvalue weighted by Gasteiger charge is 2.38. The summed E-state index contributed by atoms with van der Waals surface area (Å²) in [4.78, 5) is 0. The molecule has 1 rings (SSSR count). The molecule has 0 heterocycles. The van der Waals surface area contributed by atoms with Crippen molar-refractivity contribution in [2.45, 2.75) is 44.3 Å². The molecule has 1 unspecified atom stereocenters. The second-order valence-electron chi connectivity index (χ2n) is 4.22. The highest BCUT2D eigenvalue weighted by Crippen LogP contribution is 2.25. The summed E-state index contributed by atoms with van der Waals surface area (Å²) >= 11 is 0. The number of nitrogens with two attached hydrogens (primary N) is 1. The Morgan fingerprint density at radius 2 is 1.80 bits per heavy atom. The Bertz CT molecular complexity index is 176. The van der Waals surface area contributed by atoms with Gasteiger partial charge in [-0.15, -0.1) is 0 Å². The van der Waals surface area contributed by atoms with E-state index in [0.717, 1.165) is 25.7 Å². The standard InChI is InChI=1S/C10H19F3N2/c11-10(12,13)8(6-14)7-15-9-4-2-1-3-5-9/h8-9,15H,1-7,14H2. The van der Waals surface area contributed by atoms with Crippen LogP contribution in [-0.2, 0) is 0 Å². The first-order valence-corrected chi connectivity index (χ1v) is 5.54. The van der Waals surface area contributed by atoms with Gasteiger partial charge in [-0.25, -0.2) is 0 Å². The molecule has 3 N–H and O–H groups in total. The van der Waals surface area contributed by atoms with Gasteiger partial charge in [-0.3, -0.25) is 0 Å². The second-order valence-corrected chi connectivity index (χ2v) is 4.22. The van der Waals surface area contributed by atoms with Crippen LogP contribution < -0.4 is 11.1 Å². The molecule has 0 aromatic carbocycles. The average Bonchev–Trinajstić information content (AvgIpc) is 2.18. The quantitative estimate of drug-likeness (QED) is 0.767. The fraction of sp³-hybridized carbons (Fsp3) is 1.00. The number of hydrogen-bond acceptors (Lipinski definition) is 2. The van der Waals surface area contributed by atoms with Gasteiger partial charge in [-0.1, -0.05) is 19.3 Å². The Kier molecular flexibility index (Phi) is 4.86. The maximum atomic E-state index is 12.4. The van der Waals surface area contributed by atoms with Crippen LogP contribution in [0.5, 0.6) is 0 Å². The molecule has 2 nitrogen and oxygen atoms in total. The van der Waals surface area contributed by atoms with Gasteiger partial charge >= 0.3 is 6.18 Å². The summed E-state index contributed by atoms with van der Waals surface area (Å²) in [6.07, 6.45) is 1.27. The Labute approximate surface area is 88.4 Å². The summed E-state index contributed by atoms with van der Waals surface area (Å²) in [6, 6.07) is 0.259. The van der Waals surface area contributed by atoms with E-state index in [1.807, 2.05) is 0 Å². The number of halogens is 3. The molecule has 1 aliphatic carbocycles. The first-order chi connectivity index (χ1) is 7.04. The van der Waals surface area contributed by atoms with Crippen molar-refractivity contribution in [3.05, 3.63) is 0 Å². The predicted molar refractivity (Wildman–Crippen MR) is 53.5 cm³/mol. The van der Waals surface area contributed by atoms with Gasteiger partial charge in [0.25, 0.3) is 0 Å². The van der Waals surface area contributed by atoms with Crippen LogP contribution in [-0.4, -0.2) is 25.3 Å². The molecule has 0 aliphatic heterocycles. The molecule has 0 bridgehead atoms. The SMILES string of the molecule is NCC(CNC1CCCCC1)C(F)(F)F. The summed E-state index contributed by atoms with van der Waals surface area (Å²) in [5, 5.41) is 2.98. The van der Waals surface area contributed by atoms with Crippen molar-refractivity contribution in [3.63, 3.8) is 0 Å². The third-order valence-corrected chi connectivity index (χ3v) is 3.01. The zero-order chi connectivity index (χ0) is 11.3. The molecule has 0 saturated heterocycles. The van der Waals surface area contributed by atoms with E-state index in [1.54, 1.807) is 0 Å². The highest BCUT2D eigenvalue weighted by molar-refractivity contribution is 4.77. The monoisotopic (exact) mass is 224 g/mol. The molecule has 1 saturated carbocycles. The van der Waals surface area contributed by atoms with Crippen LogP contribution in [0.4, 0.5) is 13.2 Å². The highest BCUT2D eigenvalue weighted by atomic mass is 19.4. The molecule has 0 spiro atoms. The number of alkyl halides is 3. The van der Waals surface area contributed by atoms with Crippen LogP contribution in [0.3, 0.4) is 0 Å². The van der Waals surface area contributed by atoms with Gasteiger partial charge in [0.05, 0.1) is 5.92 Å². The van der Waals surface area contributed by atoms with Gasteiger partial charge in [0.1, 0.15) is 0 Å². The Hall–Kier alpha value is -0.290. The molecular formula is C10H19F3N2. The van der Waals surface area contributed by atoms with Gasteiger partial charge in [-0.2, -0.15) is 13.2 Å². The number of nitrogens with one attached hydrogen (secondary N) is 1. The van der Waals surface area contributed by atoms with Crippen molar-refractivity contribution in [2.75, 3.05) is 13.1 Å². The summed E-state index contributed by atoms with van der Waals surface area (Å²) in [5.74, 6) is -1.40. The van der Waals surface area contributed by atoms with Gasteiger partial charge in [-0.05, 0) is 12.8 Å². The van der Waals surface area contributed by atoms with E-state index in [1.165, 1.54) is 6.42 Å². The van der Waals surface area contributed by atoms with Crippen LogP contribution in [0, 0.1) is 5.92 Å². The molecule has 1 aliphatic rings. The normalized spacial score (nSPS) is 21.6.